The molecule has 9 aromatic rings. The van der Waals surface area contributed by atoms with E-state index in [1.165, 1.54) is 66.8 Å². The van der Waals surface area contributed by atoms with Crippen LogP contribution >= 0.6 is 0 Å². The van der Waals surface area contributed by atoms with E-state index >= 15 is 0 Å². The first-order chi connectivity index (χ1) is 29.5. The van der Waals surface area contributed by atoms with Gasteiger partial charge in [-0.15, -0.1) is 0 Å². The van der Waals surface area contributed by atoms with E-state index in [0.717, 1.165) is 27.8 Å². The van der Waals surface area contributed by atoms with Gasteiger partial charge in [-0.2, -0.15) is 0 Å². The summed E-state index contributed by atoms with van der Waals surface area (Å²) in [4.78, 5) is 19.9. The van der Waals surface area contributed by atoms with Crippen molar-refractivity contribution in [2.75, 3.05) is 0 Å². The number of rotatable bonds is 4. The Kier molecular flexibility index (Phi) is 7.45. The van der Waals surface area contributed by atoms with Gasteiger partial charge in [0, 0.05) is 34.5 Å². The summed E-state index contributed by atoms with van der Waals surface area (Å²) in [5.41, 5.74) is 19.6. The molecule has 0 aliphatic heterocycles. The number of fused-ring (bicyclic) bond motifs is 12. The Labute approximate surface area is 349 Å². The van der Waals surface area contributed by atoms with Gasteiger partial charge in [0.05, 0.1) is 5.41 Å². The van der Waals surface area contributed by atoms with E-state index in [0.29, 0.717) is 17.5 Å². The van der Waals surface area contributed by atoms with Gasteiger partial charge in [0.2, 0.25) is 0 Å². The molecule has 282 valence electrons. The third-order valence-electron chi connectivity index (χ3n) is 13.1. The highest BCUT2D eigenvalue weighted by Gasteiger charge is 2.50. The smallest absolute Gasteiger partial charge is 0.164 e. The number of pyridine rings is 1. The lowest BCUT2D eigenvalue weighted by molar-refractivity contribution is 0.660. The molecule has 4 nitrogen and oxygen atoms in total. The quantitative estimate of drug-likeness (QED) is 0.179. The van der Waals surface area contributed by atoms with Crippen LogP contribution in [0.25, 0.3) is 79.7 Å². The molecular formula is C56H38N4. The molecule has 7 aromatic carbocycles. The molecule has 0 radical (unpaired) electrons. The van der Waals surface area contributed by atoms with E-state index in [9.17, 15) is 0 Å². The van der Waals surface area contributed by atoms with Gasteiger partial charge < -0.3 is 0 Å². The van der Waals surface area contributed by atoms with Crippen LogP contribution in [0.15, 0.2) is 182 Å². The highest BCUT2D eigenvalue weighted by molar-refractivity contribution is 5.95. The minimum Gasteiger partial charge on any atom is -0.264 e. The number of aromatic nitrogens is 4. The summed E-state index contributed by atoms with van der Waals surface area (Å²) in [6.07, 6.45) is 8.26. The maximum Gasteiger partial charge on any atom is 0.164 e. The van der Waals surface area contributed by atoms with Gasteiger partial charge in [-0.05, 0) is 102 Å². The summed E-state index contributed by atoms with van der Waals surface area (Å²) in [6, 6.07) is 61.4. The zero-order valence-corrected chi connectivity index (χ0v) is 33.3. The molecule has 3 aliphatic carbocycles. The van der Waals surface area contributed by atoms with E-state index in [1.54, 1.807) is 6.20 Å². The Balaban J connectivity index is 1.11. The molecule has 0 fully saturated rings. The normalized spacial score (nSPS) is 16.0. The summed E-state index contributed by atoms with van der Waals surface area (Å²) in [5.74, 6) is 1.89. The first kappa shape index (κ1) is 34.5. The molecule has 2 aromatic heterocycles. The highest BCUT2D eigenvalue weighted by Crippen LogP contribution is 2.61. The zero-order valence-electron chi connectivity index (χ0n) is 33.3. The molecule has 3 aliphatic rings. The van der Waals surface area contributed by atoms with Crippen molar-refractivity contribution in [1.29, 1.82) is 0 Å². The van der Waals surface area contributed by atoms with Crippen molar-refractivity contribution in [2.45, 2.75) is 24.7 Å². The topological polar surface area (TPSA) is 51.6 Å². The van der Waals surface area contributed by atoms with Crippen molar-refractivity contribution in [2.24, 2.45) is 0 Å². The van der Waals surface area contributed by atoms with E-state index < -0.39 is 5.41 Å². The monoisotopic (exact) mass is 766 g/mol. The van der Waals surface area contributed by atoms with Crippen LogP contribution in [0.3, 0.4) is 0 Å². The van der Waals surface area contributed by atoms with Crippen molar-refractivity contribution in [3.8, 4) is 67.5 Å². The second kappa shape index (κ2) is 13.0. The van der Waals surface area contributed by atoms with Crippen molar-refractivity contribution >= 4 is 12.2 Å². The molecule has 2 heterocycles. The summed E-state index contributed by atoms with van der Waals surface area (Å²) >= 11 is 0. The van der Waals surface area contributed by atoms with Gasteiger partial charge in [0.1, 0.15) is 0 Å². The molecule has 0 amide bonds. The third-order valence-corrected chi connectivity index (χ3v) is 13.1. The molecule has 0 saturated carbocycles. The number of hydrogen-bond donors (Lipinski definition) is 0. The second-order valence-corrected chi connectivity index (χ2v) is 16.6. The zero-order chi connectivity index (χ0) is 40.0. The molecule has 0 saturated heterocycles. The fourth-order valence-electron chi connectivity index (χ4n) is 10.2. The molecule has 0 bridgehead atoms. The van der Waals surface area contributed by atoms with Crippen LogP contribution in [0.2, 0.25) is 0 Å². The molecule has 1 atom stereocenters. The van der Waals surface area contributed by atoms with Gasteiger partial charge in [-0.25, -0.2) is 15.0 Å². The second-order valence-electron chi connectivity index (χ2n) is 16.6. The molecule has 12 rings (SSSR count). The van der Waals surface area contributed by atoms with Crippen molar-refractivity contribution < 1.29 is 0 Å². The lowest BCUT2D eigenvalue weighted by Gasteiger charge is -2.36. The van der Waals surface area contributed by atoms with Gasteiger partial charge in [0.15, 0.2) is 17.5 Å². The van der Waals surface area contributed by atoms with Gasteiger partial charge in [0.25, 0.3) is 0 Å². The van der Waals surface area contributed by atoms with Crippen molar-refractivity contribution in [3.05, 3.63) is 227 Å². The van der Waals surface area contributed by atoms with Gasteiger partial charge in [-0.1, -0.05) is 172 Å². The Morgan fingerprint density at radius 3 is 1.62 bits per heavy atom. The van der Waals surface area contributed by atoms with E-state index in [2.05, 4.69) is 177 Å². The maximum atomic E-state index is 5.26. The summed E-state index contributed by atoms with van der Waals surface area (Å²) < 4.78 is 0. The summed E-state index contributed by atoms with van der Waals surface area (Å²) in [7, 11) is 0. The van der Waals surface area contributed by atoms with E-state index in [4.69, 9.17) is 15.0 Å². The summed E-state index contributed by atoms with van der Waals surface area (Å²) in [5, 5.41) is 0. The largest absolute Gasteiger partial charge is 0.264 e. The fourth-order valence-corrected chi connectivity index (χ4v) is 10.2. The standard InChI is InChI=1S/C56H38N4/c1-55(2)47-20-10-7-17-42(47)44-33-51-45(32-50(44)55)43-18-8-11-21-48(43)56(51)46-19-9-6-13-36(46)24-25-37-26-29-40(31-49(37)56)54-59-52(38-14-4-3-5-15-38)58-53(60-54)39-27-22-35(23-28-39)41-16-12-30-57-34-41/h3-34H,1-2H3. The van der Waals surface area contributed by atoms with Crippen LogP contribution < -0.4 is 0 Å². The van der Waals surface area contributed by atoms with E-state index in [1.807, 2.05) is 30.5 Å². The van der Waals surface area contributed by atoms with Crippen LogP contribution in [0.4, 0.5) is 0 Å². The number of benzene rings is 7. The molecule has 1 spiro atoms. The predicted molar refractivity (Wildman–Crippen MR) is 243 cm³/mol. The molecular weight excluding hydrogens is 729 g/mol. The van der Waals surface area contributed by atoms with Crippen LogP contribution in [-0.2, 0) is 10.8 Å². The Hall–Kier alpha value is -7.56. The minimum atomic E-state index is -0.617. The Morgan fingerprint density at radius 2 is 0.883 bits per heavy atom. The fraction of sp³-hybridized carbons (Fsp3) is 0.0714. The van der Waals surface area contributed by atoms with E-state index in [-0.39, 0.29) is 5.41 Å². The van der Waals surface area contributed by atoms with Gasteiger partial charge in [-0.3, -0.25) is 4.98 Å². The molecule has 60 heavy (non-hydrogen) atoms. The van der Waals surface area contributed by atoms with Gasteiger partial charge >= 0.3 is 0 Å². The average molecular weight is 767 g/mol. The van der Waals surface area contributed by atoms with Crippen molar-refractivity contribution in [1.82, 2.24) is 19.9 Å². The number of hydrogen-bond acceptors (Lipinski definition) is 4. The molecule has 4 heteroatoms. The van der Waals surface area contributed by atoms with Crippen LogP contribution in [0, 0.1) is 0 Å². The minimum absolute atomic E-state index is 0.119. The Morgan fingerprint density at radius 1 is 0.350 bits per heavy atom. The average Bonchev–Trinajstić information content (AvgIpc) is 3.66. The van der Waals surface area contributed by atoms with Crippen LogP contribution in [0.5, 0.6) is 0 Å². The maximum absolute atomic E-state index is 5.26. The first-order valence-corrected chi connectivity index (χ1v) is 20.6. The lowest BCUT2D eigenvalue weighted by atomic mass is 9.65. The Bertz CT molecular complexity index is 3220. The molecule has 0 N–H and O–H groups in total. The third kappa shape index (κ3) is 4.97. The predicted octanol–water partition coefficient (Wildman–Crippen LogP) is 13.1. The lowest BCUT2D eigenvalue weighted by Crippen LogP contribution is -2.30. The van der Waals surface area contributed by atoms with Crippen molar-refractivity contribution in [3.63, 3.8) is 0 Å². The first-order valence-electron chi connectivity index (χ1n) is 20.6. The van der Waals surface area contributed by atoms with Crippen LogP contribution in [0.1, 0.15) is 58.4 Å². The summed E-state index contributed by atoms with van der Waals surface area (Å²) in [6.45, 7) is 4.74. The molecule has 1 unspecified atom stereocenters. The number of nitrogens with zero attached hydrogens (tertiary/aromatic N) is 4. The SMILES string of the molecule is CC1(C)c2ccccc2-c2cc3c(cc21)-c1ccccc1C31c2ccccc2C=Cc2ccc(-c3nc(-c4ccccc4)nc(-c4ccc(-c5cccnc5)cc4)n3)cc21. The highest BCUT2D eigenvalue weighted by atomic mass is 15.0. The van der Waals surface area contributed by atoms with Crippen LogP contribution in [-0.4, -0.2) is 19.9 Å².